The van der Waals surface area contributed by atoms with E-state index in [1.807, 2.05) is 20.8 Å². The highest BCUT2D eigenvalue weighted by Crippen LogP contribution is 2.17. The number of nitrogens with zero attached hydrogens (tertiary/aromatic N) is 2. The van der Waals surface area contributed by atoms with Gasteiger partial charge in [-0.3, -0.25) is 4.57 Å². The first-order valence-corrected chi connectivity index (χ1v) is 4.35. The van der Waals surface area contributed by atoms with Gasteiger partial charge in [0.15, 0.2) is 0 Å². The molecule has 0 amide bonds. The van der Waals surface area contributed by atoms with Crippen molar-refractivity contribution in [2.45, 2.75) is 32.9 Å². The summed E-state index contributed by atoms with van der Waals surface area (Å²) >= 11 is 0. The Hall–Kier alpha value is -1.36. The van der Waals surface area contributed by atoms with Crippen molar-refractivity contribution in [3.05, 3.63) is 22.2 Å². The van der Waals surface area contributed by atoms with E-state index in [0.717, 1.165) is 0 Å². The number of nitrogens with two attached hydrogens (primary N) is 1. The molecular weight excluding hydrogens is 182 g/mol. The Balaban J connectivity index is 3.49. The van der Waals surface area contributed by atoms with Crippen LogP contribution < -0.4 is 11.4 Å². The van der Waals surface area contributed by atoms with Crippen LogP contribution in [0, 0.1) is 0 Å². The lowest BCUT2D eigenvalue weighted by molar-refractivity contribution is 0.278. The zero-order chi connectivity index (χ0) is 10.9. The van der Waals surface area contributed by atoms with Gasteiger partial charge in [0, 0.05) is 17.3 Å². The topological polar surface area (TPSA) is 81.1 Å². The van der Waals surface area contributed by atoms with Crippen LogP contribution in [-0.4, -0.2) is 14.7 Å². The molecule has 1 aromatic rings. The maximum Gasteiger partial charge on any atom is 0.349 e. The number of rotatable bonds is 1. The Morgan fingerprint density at radius 2 is 2.14 bits per heavy atom. The third-order valence-corrected chi connectivity index (χ3v) is 1.93. The van der Waals surface area contributed by atoms with Gasteiger partial charge < -0.3 is 10.8 Å². The third kappa shape index (κ3) is 1.77. The van der Waals surface area contributed by atoms with E-state index in [1.54, 1.807) is 0 Å². The smallest absolute Gasteiger partial charge is 0.349 e. The Kier molecular flexibility index (Phi) is 2.62. The molecule has 0 aliphatic heterocycles. The summed E-state index contributed by atoms with van der Waals surface area (Å²) in [7, 11) is 0. The van der Waals surface area contributed by atoms with Crippen LogP contribution >= 0.6 is 0 Å². The van der Waals surface area contributed by atoms with Gasteiger partial charge in [0.2, 0.25) is 0 Å². The molecule has 0 aromatic carbocycles. The van der Waals surface area contributed by atoms with Crippen molar-refractivity contribution < 1.29 is 5.11 Å². The van der Waals surface area contributed by atoms with E-state index >= 15 is 0 Å². The minimum atomic E-state index is -0.431. The SMILES string of the molecule is CC(C)(C)n1c(N)c(CO)cnc1=O. The molecule has 0 spiro atoms. The van der Waals surface area contributed by atoms with Gasteiger partial charge in [-0.05, 0) is 20.8 Å². The molecule has 0 aliphatic rings. The van der Waals surface area contributed by atoms with E-state index in [-0.39, 0.29) is 12.4 Å². The van der Waals surface area contributed by atoms with E-state index in [9.17, 15) is 4.79 Å². The second kappa shape index (κ2) is 3.42. The maximum absolute atomic E-state index is 11.4. The lowest BCUT2D eigenvalue weighted by Crippen LogP contribution is -2.37. The molecule has 1 rings (SSSR count). The van der Waals surface area contributed by atoms with Gasteiger partial charge in [0.25, 0.3) is 0 Å². The van der Waals surface area contributed by atoms with Crippen LogP contribution in [0.1, 0.15) is 26.3 Å². The van der Waals surface area contributed by atoms with Crippen molar-refractivity contribution in [2.75, 3.05) is 5.73 Å². The minimum Gasteiger partial charge on any atom is -0.391 e. The van der Waals surface area contributed by atoms with Gasteiger partial charge in [-0.25, -0.2) is 9.78 Å². The molecule has 1 aromatic heterocycles. The highest BCUT2D eigenvalue weighted by atomic mass is 16.3. The summed E-state index contributed by atoms with van der Waals surface area (Å²) in [5.74, 6) is 0.278. The average Bonchev–Trinajstić information content (AvgIpc) is 2.02. The summed E-state index contributed by atoms with van der Waals surface area (Å²) in [5.41, 5.74) is 5.39. The number of aliphatic hydroxyl groups is 1. The second-order valence-corrected chi connectivity index (χ2v) is 4.12. The average molecular weight is 197 g/mol. The number of nitrogen functional groups attached to an aromatic ring is 1. The molecule has 3 N–H and O–H groups in total. The zero-order valence-electron chi connectivity index (χ0n) is 8.61. The van der Waals surface area contributed by atoms with Crippen LogP contribution in [0.15, 0.2) is 11.0 Å². The first-order valence-electron chi connectivity index (χ1n) is 4.35. The monoisotopic (exact) mass is 197 g/mol. The van der Waals surface area contributed by atoms with E-state index in [1.165, 1.54) is 10.8 Å². The van der Waals surface area contributed by atoms with Crippen LogP contribution in [0.5, 0.6) is 0 Å². The van der Waals surface area contributed by atoms with Crippen LogP contribution in [0.3, 0.4) is 0 Å². The minimum absolute atomic E-state index is 0.213. The molecule has 5 heteroatoms. The van der Waals surface area contributed by atoms with Gasteiger partial charge in [0.1, 0.15) is 5.82 Å². The standard InChI is InChI=1S/C9H15N3O2/c1-9(2,3)12-7(10)6(5-13)4-11-8(12)14/h4,13H,5,10H2,1-3H3. The quantitative estimate of drug-likeness (QED) is 0.667. The summed E-state index contributed by atoms with van der Waals surface area (Å²) in [6, 6.07) is 0. The fraction of sp³-hybridized carbons (Fsp3) is 0.556. The molecule has 0 atom stereocenters. The number of hydrogen-bond donors (Lipinski definition) is 2. The maximum atomic E-state index is 11.4. The van der Waals surface area contributed by atoms with Crippen molar-refractivity contribution in [3.8, 4) is 0 Å². The Bertz CT molecular complexity index is 390. The Morgan fingerprint density at radius 1 is 1.57 bits per heavy atom. The Labute approximate surface area is 82.2 Å². The molecular formula is C9H15N3O2. The molecule has 78 valence electrons. The summed E-state index contributed by atoms with van der Waals surface area (Å²) in [6.45, 7) is 5.35. The van der Waals surface area contributed by atoms with Crippen molar-refractivity contribution in [3.63, 3.8) is 0 Å². The van der Waals surface area contributed by atoms with Crippen LogP contribution in [0.25, 0.3) is 0 Å². The number of aliphatic hydroxyl groups excluding tert-OH is 1. The summed E-state index contributed by atoms with van der Waals surface area (Å²) in [6.07, 6.45) is 1.31. The first-order chi connectivity index (χ1) is 6.38. The predicted molar refractivity (Wildman–Crippen MR) is 53.8 cm³/mol. The fourth-order valence-electron chi connectivity index (χ4n) is 1.27. The number of hydrogen-bond acceptors (Lipinski definition) is 4. The van der Waals surface area contributed by atoms with Crippen LogP contribution in [0.2, 0.25) is 0 Å². The van der Waals surface area contributed by atoms with Gasteiger partial charge in [-0.15, -0.1) is 0 Å². The number of anilines is 1. The fourth-order valence-corrected chi connectivity index (χ4v) is 1.27. The number of aromatic nitrogens is 2. The molecule has 0 bridgehead atoms. The molecule has 14 heavy (non-hydrogen) atoms. The lowest BCUT2D eigenvalue weighted by Gasteiger charge is -2.24. The highest BCUT2D eigenvalue weighted by molar-refractivity contribution is 5.38. The highest BCUT2D eigenvalue weighted by Gasteiger charge is 2.19. The van der Waals surface area contributed by atoms with Gasteiger partial charge in [0.05, 0.1) is 6.61 Å². The molecule has 0 saturated carbocycles. The largest absolute Gasteiger partial charge is 0.391 e. The molecule has 0 aliphatic carbocycles. The summed E-state index contributed by atoms with van der Waals surface area (Å²) in [5, 5.41) is 8.96. The molecule has 1 heterocycles. The van der Waals surface area contributed by atoms with E-state index in [2.05, 4.69) is 4.98 Å². The van der Waals surface area contributed by atoms with E-state index in [0.29, 0.717) is 5.56 Å². The third-order valence-electron chi connectivity index (χ3n) is 1.93. The molecule has 0 fully saturated rings. The van der Waals surface area contributed by atoms with Crippen molar-refractivity contribution in [1.29, 1.82) is 0 Å². The molecule has 5 nitrogen and oxygen atoms in total. The normalized spacial score (nSPS) is 11.7. The lowest BCUT2D eigenvalue weighted by atomic mass is 10.1. The molecule has 0 saturated heterocycles. The summed E-state index contributed by atoms with van der Waals surface area (Å²) < 4.78 is 1.37. The molecule has 0 unspecified atom stereocenters. The molecule has 0 radical (unpaired) electrons. The van der Waals surface area contributed by atoms with Gasteiger partial charge >= 0.3 is 5.69 Å². The van der Waals surface area contributed by atoms with Crippen molar-refractivity contribution in [2.24, 2.45) is 0 Å². The second-order valence-electron chi connectivity index (χ2n) is 4.12. The van der Waals surface area contributed by atoms with E-state index in [4.69, 9.17) is 10.8 Å². The van der Waals surface area contributed by atoms with Crippen LogP contribution in [-0.2, 0) is 12.1 Å². The van der Waals surface area contributed by atoms with Crippen LogP contribution in [0.4, 0.5) is 5.82 Å². The summed E-state index contributed by atoms with van der Waals surface area (Å²) in [4.78, 5) is 15.1. The van der Waals surface area contributed by atoms with Crippen molar-refractivity contribution >= 4 is 5.82 Å². The van der Waals surface area contributed by atoms with Crippen molar-refractivity contribution in [1.82, 2.24) is 9.55 Å². The predicted octanol–water partition coefficient (Wildman–Crippen LogP) is 0.0728. The first kappa shape index (κ1) is 10.7. The van der Waals surface area contributed by atoms with Gasteiger partial charge in [-0.1, -0.05) is 0 Å². The van der Waals surface area contributed by atoms with Gasteiger partial charge in [-0.2, -0.15) is 0 Å². The van der Waals surface area contributed by atoms with E-state index < -0.39 is 11.2 Å². The Morgan fingerprint density at radius 3 is 2.57 bits per heavy atom. The zero-order valence-corrected chi connectivity index (χ0v) is 8.61.